The summed E-state index contributed by atoms with van der Waals surface area (Å²) >= 11 is 1.17. The largest absolute Gasteiger partial charge is 0.334 e. The Kier molecular flexibility index (Phi) is 6.38. The fourth-order valence-corrected chi connectivity index (χ4v) is 3.34. The van der Waals surface area contributed by atoms with Crippen LogP contribution in [0.4, 0.5) is 4.79 Å². The topological polar surface area (TPSA) is 102 Å². The average molecular weight is 396 g/mol. The van der Waals surface area contributed by atoms with Gasteiger partial charge >= 0.3 is 6.03 Å². The number of nitrogens with one attached hydrogen (secondary N) is 2. The fourth-order valence-electron chi connectivity index (χ4n) is 2.66. The van der Waals surface area contributed by atoms with Gasteiger partial charge in [0.25, 0.3) is 0 Å². The molecule has 0 saturated heterocycles. The first kappa shape index (κ1) is 19.6. The molecular weight excluding hydrogens is 376 g/mol. The molecule has 0 aliphatic heterocycles. The molecule has 0 aliphatic carbocycles. The quantitative estimate of drug-likeness (QED) is 0.621. The van der Waals surface area contributed by atoms with Crippen molar-refractivity contribution in [3.8, 4) is 5.69 Å². The summed E-state index contributed by atoms with van der Waals surface area (Å²) in [5.41, 5.74) is 3.89. The number of carbonyl (C=O) groups is 2. The van der Waals surface area contributed by atoms with Crippen LogP contribution in [0, 0.1) is 13.8 Å². The summed E-state index contributed by atoms with van der Waals surface area (Å²) < 4.78 is 1.61. The summed E-state index contributed by atoms with van der Waals surface area (Å²) in [4.78, 5) is 23.9. The molecule has 0 unspecified atom stereocenters. The van der Waals surface area contributed by atoms with Gasteiger partial charge < -0.3 is 5.32 Å². The minimum atomic E-state index is -0.538. The minimum Gasteiger partial charge on any atom is -0.334 e. The number of hydrogen-bond acceptors (Lipinski definition) is 6. The van der Waals surface area contributed by atoms with Crippen LogP contribution in [0.3, 0.4) is 0 Å². The first-order chi connectivity index (χ1) is 13.5. The molecule has 28 heavy (non-hydrogen) atoms. The van der Waals surface area contributed by atoms with Crippen molar-refractivity contribution in [1.29, 1.82) is 0 Å². The van der Waals surface area contributed by atoms with Gasteiger partial charge in [0.1, 0.15) is 0 Å². The van der Waals surface area contributed by atoms with Crippen LogP contribution in [0.25, 0.3) is 5.69 Å². The zero-order chi connectivity index (χ0) is 19.9. The van der Waals surface area contributed by atoms with Gasteiger partial charge in [0, 0.05) is 6.54 Å². The third kappa shape index (κ3) is 4.95. The summed E-state index contributed by atoms with van der Waals surface area (Å²) in [6.07, 6.45) is 0. The van der Waals surface area contributed by atoms with E-state index < -0.39 is 11.9 Å². The smallest absolute Gasteiger partial charge is 0.321 e. The second kappa shape index (κ2) is 9.14. The van der Waals surface area contributed by atoms with E-state index in [2.05, 4.69) is 26.2 Å². The molecule has 0 aliphatic rings. The lowest BCUT2D eigenvalue weighted by molar-refractivity contribution is -0.117. The molecule has 0 fully saturated rings. The Balaban J connectivity index is 1.54. The number of urea groups is 1. The Bertz CT molecular complexity index is 953. The Labute approximate surface area is 166 Å². The van der Waals surface area contributed by atoms with Crippen LogP contribution in [0.15, 0.2) is 53.7 Å². The number of para-hydroxylation sites is 1. The highest BCUT2D eigenvalue weighted by Gasteiger charge is 2.15. The molecule has 2 aromatic carbocycles. The number of benzene rings is 2. The maximum Gasteiger partial charge on any atom is 0.321 e. The zero-order valence-corrected chi connectivity index (χ0v) is 16.4. The van der Waals surface area contributed by atoms with E-state index in [4.69, 9.17) is 0 Å². The molecule has 0 spiro atoms. The van der Waals surface area contributed by atoms with Crippen LogP contribution in [-0.4, -0.2) is 37.9 Å². The number of amides is 3. The van der Waals surface area contributed by atoms with E-state index in [9.17, 15) is 9.59 Å². The van der Waals surface area contributed by atoms with Crippen molar-refractivity contribution in [2.45, 2.75) is 25.5 Å². The molecule has 2 N–H and O–H groups in total. The molecule has 8 nitrogen and oxygen atoms in total. The van der Waals surface area contributed by atoms with Gasteiger partial charge in [-0.2, -0.15) is 4.68 Å². The SMILES string of the molecule is Cc1cccc(C)c1-n1nnnc1SCC(=O)NC(=O)NCc1ccccc1. The number of tetrazole rings is 1. The molecule has 9 heteroatoms. The van der Waals surface area contributed by atoms with Crippen molar-refractivity contribution in [2.24, 2.45) is 0 Å². The summed E-state index contributed by atoms with van der Waals surface area (Å²) in [5, 5.41) is 17.2. The molecule has 1 aromatic heterocycles. The van der Waals surface area contributed by atoms with E-state index in [-0.39, 0.29) is 5.75 Å². The lowest BCUT2D eigenvalue weighted by atomic mass is 10.1. The number of carbonyl (C=O) groups excluding carboxylic acids is 2. The maximum atomic E-state index is 12.1. The van der Waals surface area contributed by atoms with Gasteiger partial charge in [-0.25, -0.2) is 4.79 Å². The summed E-state index contributed by atoms with van der Waals surface area (Å²) in [5.74, 6) is -0.407. The van der Waals surface area contributed by atoms with Crippen LogP contribution < -0.4 is 10.6 Å². The predicted molar refractivity (Wildman–Crippen MR) is 106 cm³/mol. The summed E-state index contributed by atoms with van der Waals surface area (Å²) in [6, 6.07) is 14.8. The molecule has 3 aromatic rings. The van der Waals surface area contributed by atoms with Crippen molar-refractivity contribution < 1.29 is 9.59 Å². The number of hydrogen-bond donors (Lipinski definition) is 2. The Morgan fingerprint density at radius 2 is 1.75 bits per heavy atom. The van der Waals surface area contributed by atoms with Gasteiger partial charge in [-0.1, -0.05) is 60.3 Å². The Morgan fingerprint density at radius 1 is 1.04 bits per heavy atom. The van der Waals surface area contributed by atoms with E-state index in [1.807, 2.05) is 62.4 Å². The molecule has 144 valence electrons. The Morgan fingerprint density at radius 3 is 2.46 bits per heavy atom. The molecule has 3 rings (SSSR count). The minimum absolute atomic E-state index is 0.0179. The van der Waals surface area contributed by atoms with E-state index in [1.54, 1.807) is 4.68 Å². The molecule has 0 atom stereocenters. The van der Waals surface area contributed by atoms with E-state index >= 15 is 0 Å². The second-order valence-electron chi connectivity index (χ2n) is 6.12. The van der Waals surface area contributed by atoms with Crippen molar-refractivity contribution in [1.82, 2.24) is 30.8 Å². The number of aryl methyl sites for hydroxylation is 2. The average Bonchev–Trinajstić information content (AvgIpc) is 3.14. The van der Waals surface area contributed by atoms with Crippen molar-refractivity contribution >= 4 is 23.7 Å². The van der Waals surface area contributed by atoms with Gasteiger partial charge in [0.15, 0.2) is 0 Å². The van der Waals surface area contributed by atoms with Gasteiger partial charge in [0.2, 0.25) is 11.1 Å². The van der Waals surface area contributed by atoms with Gasteiger partial charge in [-0.15, -0.1) is 5.10 Å². The molecular formula is C19H20N6O2S. The van der Waals surface area contributed by atoms with E-state index in [1.165, 1.54) is 11.8 Å². The van der Waals surface area contributed by atoms with Crippen LogP contribution in [0.2, 0.25) is 0 Å². The highest BCUT2D eigenvalue weighted by Crippen LogP contribution is 2.23. The predicted octanol–water partition coefficient (Wildman–Crippen LogP) is 2.40. The Hall–Kier alpha value is -3.20. The maximum absolute atomic E-state index is 12.1. The zero-order valence-electron chi connectivity index (χ0n) is 15.5. The van der Waals surface area contributed by atoms with Gasteiger partial charge in [-0.3, -0.25) is 10.1 Å². The van der Waals surface area contributed by atoms with Gasteiger partial charge in [-0.05, 0) is 41.0 Å². The van der Waals surface area contributed by atoms with Gasteiger partial charge in [0.05, 0.1) is 11.4 Å². The highest BCUT2D eigenvalue weighted by molar-refractivity contribution is 7.99. The van der Waals surface area contributed by atoms with Crippen LogP contribution in [0.5, 0.6) is 0 Å². The van der Waals surface area contributed by atoms with Crippen LogP contribution in [-0.2, 0) is 11.3 Å². The third-order valence-corrected chi connectivity index (χ3v) is 4.89. The van der Waals surface area contributed by atoms with E-state index in [0.717, 1.165) is 22.4 Å². The number of rotatable bonds is 6. The standard InChI is InChI=1S/C19H20N6O2S/c1-13-7-6-8-14(2)17(13)25-19(22-23-24-25)28-12-16(26)21-18(27)20-11-15-9-4-3-5-10-15/h3-10H,11-12H2,1-2H3,(H2,20,21,26,27). The van der Waals surface area contributed by atoms with Crippen LogP contribution >= 0.6 is 11.8 Å². The molecule has 3 amide bonds. The summed E-state index contributed by atoms with van der Waals surface area (Å²) in [6.45, 7) is 4.29. The lowest BCUT2D eigenvalue weighted by Crippen LogP contribution is -2.40. The number of imide groups is 1. The van der Waals surface area contributed by atoms with Crippen LogP contribution in [0.1, 0.15) is 16.7 Å². The molecule has 0 radical (unpaired) electrons. The number of nitrogens with zero attached hydrogens (tertiary/aromatic N) is 4. The second-order valence-corrected chi connectivity index (χ2v) is 7.06. The normalized spacial score (nSPS) is 10.5. The first-order valence-corrected chi connectivity index (χ1v) is 9.62. The van der Waals surface area contributed by atoms with E-state index in [0.29, 0.717) is 11.7 Å². The summed E-state index contributed by atoms with van der Waals surface area (Å²) in [7, 11) is 0. The van der Waals surface area contributed by atoms with Crippen molar-refractivity contribution in [3.05, 3.63) is 65.2 Å². The number of thioether (sulfide) groups is 1. The lowest BCUT2D eigenvalue weighted by Gasteiger charge is -2.10. The highest BCUT2D eigenvalue weighted by atomic mass is 32.2. The first-order valence-electron chi connectivity index (χ1n) is 8.64. The number of aromatic nitrogens is 4. The third-order valence-electron chi connectivity index (χ3n) is 3.97. The molecule has 1 heterocycles. The fraction of sp³-hybridized carbons (Fsp3) is 0.211. The molecule has 0 bridgehead atoms. The molecule has 0 saturated carbocycles. The van der Waals surface area contributed by atoms with Crippen molar-refractivity contribution in [3.63, 3.8) is 0 Å². The van der Waals surface area contributed by atoms with Crippen molar-refractivity contribution in [2.75, 3.05) is 5.75 Å². The monoisotopic (exact) mass is 396 g/mol.